The lowest BCUT2D eigenvalue weighted by atomic mass is 9.55. The average molecular weight is 220 g/mol. The van der Waals surface area contributed by atoms with Gasteiger partial charge in [-0.3, -0.25) is 4.79 Å². The standard InChI is InChI=1S/C10H17NO2.ClH/c1-7(11)9(12)13-8-5-10(6-8)3-2-4-10;/h7-8H,2-6,11H2,1H3;1H/t7-;/m0./s1. The molecule has 0 aliphatic heterocycles. The van der Waals surface area contributed by atoms with E-state index >= 15 is 0 Å². The van der Waals surface area contributed by atoms with Gasteiger partial charge in [0.1, 0.15) is 12.1 Å². The fourth-order valence-electron chi connectivity index (χ4n) is 2.35. The van der Waals surface area contributed by atoms with Crippen molar-refractivity contribution < 1.29 is 9.53 Å². The molecular weight excluding hydrogens is 202 g/mol. The van der Waals surface area contributed by atoms with Gasteiger partial charge in [-0.1, -0.05) is 6.42 Å². The lowest BCUT2D eigenvalue weighted by Gasteiger charge is -2.53. The Morgan fingerprint density at radius 3 is 2.43 bits per heavy atom. The maximum Gasteiger partial charge on any atom is 0.322 e. The number of hydrogen-bond acceptors (Lipinski definition) is 3. The molecule has 2 rings (SSSR count). The Labute approximate surface area is 90.8 Å². The number of hydrogen-bond donors (Lipinski definition) is 1. The number of ether oxygens (including phenoxy) is 1. The summed E-state index contributed by atoms with van der Waals surface area (Å²) >= 11 is 0. The van der Waals surface area contributed by atoms with Crippen molar-refractivity contribution in [3.63, 3.8) is 0 Å². The Morgan fingerprint density at radius 2 is 2.07 bits per heavy atom. The van der Waals surface area contributed by atoms with Crippen LogP contribution in [0, 0.1) is 5.41 Å². The van der Waals surface area contributed by atoms with Gasteiger partial charge >= 0.3 is 5.97 Å². The molecule has 1 spiro atoms. The first kappa shape index (κ1) is 11.8. The first-order valence-electron chi connectivity index (χ1n) is 5.07. The van der Waals surface area contributed by atoms with Gasteiger partial charge in [0.2, 0.25) is 0 Å². The Balaban J connectivity index is 0.000000980. The Kier molecular flexibility index (Phi) is 3.43. The second kappa shape index (κ2) is 4.07. The molecular formula is C10H18ClNO2. The molecule has 2 saturated carbocycles. The molecule has 0 bridgehead atoms. The van der Waals surface area contributed by atoms with Crippen molar-refractivity contribution in [3.8, 4) is 0 Å². The molecule has 82 valence electrons. The van der Waals surface area contributed by atoms with Crippen LogP contribution in [0.15, 0.2) is 0 Å². The summed E-state index contributed by atoms with van der Waals surface area (Å²) in [6, 6.07) is -0.474. The molecule has 0 amide bonds. The zero-order valence-electron chi connectivity index (χ0n) is 8.49. The van der Waals surface area contributed by atoms with Crippen molar-refractivity contribution in [2.75, 3.05) is 0 Å². The second-order valence-electron chi connectivity index (χ2n) is 4.61. The van der Waals surface area contributed by atoms with E-state index in [1.165, 1.54) is 19.3 Å². The van der Waals surface area contributed by atoms with E-state index < -0.39 is 6.04 Å². The van der Waals surface area contributed by atoms with Gasteiger partial charge in [0, 0.05) is 0 Å². The highest BCUT2D eigenvalue weighted by Crippen LogP contribution is 2.56. The van der Waals surface area contributed by atoms with Gasteiger partial charge in [-0.25, -0.2) is 0 Å². The molecule has 0 radical (unpaired) electrons. The molecule has 2 aliphatic rings. The number of carbonyl (C=O) groups excluding carboxylic acids is 1. The van der Waals surface area contributed by atoms with Crippen molar-refractivity contribution in [3.05, 3.63) is 0 Å². The Bertz CT molecular complexity index is 218. The summed E-state index contributed by atoms with van der Waals surface area (Å²) in [5, 5.41) is 0. The van der Waals surface area contributed by atoms with Gasteiger partial charge in [-0.15, -0.1) is 12.4 Å². The van der Waals surface area contributed by atoms with E-state index in [1.54, 1.807) is 6.92 Å². The van der Waals surface area contributed by atoms with Crippen LogP contribution >= 0.6 is 12.4 Å². The summed E-state index contributed by atoms with van der Waals surface area (Å²) in [5.74, 6) is -0.251. The van der Waals surface area contributed by atoms with Gasteiger partial charge in [-0.2, -0.15) is 0 Å². The zero-order chi connectivity index (χ0) is 9.47. The zero-order valence-corrected chi connectivity index (χ0v) is 9.31. The molecule has 14 heavy (non-hydrogen) atoms. The number of nitrogens with two attached hydrogens (primary N) is 1. The highest BCUT2D eigenvalue weighted by Gasteiger charge is 2.49. The third kappa shape index (κ3) is 2.04. The second-order valence-corrected chi connectivity index (χ2v) is 4.61. The number of rotatable bonds is 2. The molecule has 2 aliphatic carbocycles. The maximum atomic E-state index is 11.1. The summed E-state index contributed by atoms with van der Waals surface area (Å²) in [5.41, 5.74) is 5.97. The normalized spacial score (nSPS) is 25.6. The van der Waals surface area contributed by atoms with Gasteiger partial charge in [-0.05, 0) is 38.0 Å². The highest BCUT2D eigenvalue weighted by molar-refractivity contribution is 5.85. The van der Waals surface area contributed by atoms with Gasteiger partial charge in [0.05, 0.1) is 0 Å². The predicted molar refractivity (Wildman–Crippen MR) is 56.3 cm³/mol. The largest absolute Gasteiger partial charge is 0.461 e. The third-order valence-corrected chi connectivity index (χ3v) is 3.39. The van der Waals surface area contributed by atoms with Gasteiger partial charge < -0.3 is 10.5 Å². The quantitative estimate of drug-likeness (QED) is 0.719. The van der Waals surface area contributed by atoms with E-state index in [2.05, 4.69) is 0 Å². The summed E-state index contributed by atoms with van der Waals surface area (Å²) in [4.78, 5) is 11.1. The predicted octanol–water partition coefficient (Wildman–Crippen LogP) is 1.63. The molecule has 0 saturated heterocycles. The number of halogens is 1. The minimum Gasteiger partial charge on any atom is -0.461 e. The molecule has 0 aromatic rings. The Morgan fingerprint density at radius 1 is 1.50 bits per heavy atom. The lowest BCUT2D eigenvalue weighted by Crippen LogP contribution is -2.48. The van der Waals surface area contributed by atoms with Crippen LogP contribution in [0.2, 0.25) is 0 Å². The SMILES string of the molecule is C[C@H](N)C(=O)OC1CC2(CCC2)C1.Cl. The van der Waals surface area contributed by atoms with Crippen molar-refractivity contribution in [2.24, 2.45) is 11.1 Å². The molecule has 0 heterocycles. The summed E-state index contributed by atoms with van der Waals surface area (Å²) in [7, 11) is 0. The van der Waals surface area contributed by atoms with E-state index in [4.69, 9.17) is 10.5 Å². The van der Waals surface area contributed by atoms with Crippen LogP contribution in [0.25, 0.3) is 0 Å². The monoisotopic (exact) mass is 219 g/mol. The van der Waals surface area contributed by atoms with Crippen molar-refractivity contribution in [1.82, 2.24) is 0 Å². The molecule has 0 aromatic carbocycles. The van der Waals surface area contributed by atoms with Crippen molar-refractivity contribution >= 4 is 18.4 Å². The fraction of sp³-hybridized carbons (Fsp3) is 0.900. The average Bonchev–Trinajstić information content (AvgIpc) is 1.90. The van der Waals surface area contributed by atoms with Crippen LogP contribution < -0.4 is 5.73 Å². The minimum atomic E-state index is -0.474. The number of esters is 1. The molecule has 0 unspecified atom stereocenters. The van der Waals surface area contributed by atoms with E-state index in [0.717, 1.165) is 12.8 Å². The van der Waals surface area contributed by atoms with Gasteiger partial charge in [0.25, 0.3) is 0 Å². The first-order chi connectivity index (χ1) is 6.11. The van der Waals surface area contributed by atoms with Crippen LogP contribution in [-0.2, 0) is 9.53 Å². The number of carbonyl (C=O) groups is 1. The molecule has 4 heteroatoms. The van der Waals surface area contributed by atoms with Crippen molar-refractivity contribution in [1.29, 1.82) is 0 Å². The van der Waals surface area contributed by atoms with E-state index in [-0.39, 0.29) is 24.5 Å². The fourth-order valence-corrected chi connectivity index (χ4v) is 2.35. The molecule has 2 N–H and O–H groups in total. The van der Waals surface area contributed by atoms with Crippen LogP contribution in [-0.4, -0.2) is 18.1 Å². The maximum absolute atomic E-state index is 11.1. The summed E-state index contributed by atoms with van der Waals surface area (Å²) < 4.78 is 5.21. The smallest absolute Gasteiger partial charge is 0.322 e. The Hall–Kier alpha value is -0.280. The van der Waals surface area contributed by atoms with Gasteiger partial charge in [0.15, 0.2) is 0 Å². The minimum absolute atomic E-state index is 0. The van der Waals surface area contributed by atoms with E-state index in [1.807, 2.05) is 0 Å². The first-order valence-corrected chi connectivity index (χ1v) is 5.07. The highest BCUT2D eigenvalue weighted by atomic mass is 35.5. The van der Waals surface area contributed by atoms with E-state index in [9.17, 15) is 4.79 Å². The lowest BCUT2D eigenvalue weighted by molar-refractivity contribution is -0.168. The topological polar surface area (TPSA) is 52.3 Å². The summed E-state index contributed by atoms with van der Waals surface area (Å²) in [6.07, 6.45) is 6.34. The van der Waals surface area contributed by atoms with Crippen LogP contribution in [0.3, 0.4) is 0 Å². The third-order valence-electron chi connectivity index (χ3n) is 3.39. The molecule has 2 fully saturated rings. The molecule has 3 nitrogen and oxygen atoms in total. The van der Waals surface area contributed by atoms with Crippen LogP contribution in [0.1, 0.15) is 39.0 Å². The van der Waals surface area contributed by atoms with E-state index in [0.29, 0.717) is 5.41 Å². The summed E-state index contributed by atoms with van der Waals surface area (Å²) in [6.45, 7) is 1.67. The molecule has 0 aromatic heterocycles. The van der Waals surface area contributed by atoms with Crippen LogP contribution in [0.4, 0.5) is 0 Å². The van der Waals surface area contributed by atoms with Crippen LogP contribution in [0.5, 0.6) is 0 Å². The van der Waals surface area contributed by atoms with Crippen molar-refractivity contribution in [2.45, 2.75) is 51.2 Å². The molecule has 1 atom stereocenters.